The molecule has 0 spiro atoms. The molecule has 0 radical (unpaired) electrons. The van der Waals surface area contributed by atoms with Gasteiger partial charge in [0.25, 0.3) is 11.8 Å². The third-order valence-corrected chi connectivity index (χ3v) is 16.7. The number of aromatic nitrogens is 4. The highest BCUT2D eigenvalue weighted by Gasteiger charge is 2.33. The van der Waals surface area contributed by atoms with Crippen molar-refractivity contribution in [2.45, 2.75) is 69.5 Å². The zero-order chi connectivity index (χ0) is 32.5. The molecule has 1 aliphatic carbocycles. The molecule has 10 nitrogen and oxygen atoms in total. The summed E-state index contributed by atoms with van der Waals surface area (Å²) in [5.41, 5.74) is 3.67. The minimum absolute atomic E-state index is 0.0716. The van der Waals surface area contributed by atoms with E-state index in [4.69, 9.17) is 14.0 Å². The van der Waals surface area contributed by atoms with Crippen LogP contribution < -0.4 is 9.47 Å². The van der Waals surface area contributed by atoms with Gasteiger partial charge in [-0.1, -0.05) is 37.9 Å². The highest BCUT2D eigenvalue weighted by atomic mass is 32.2. The van der Waals surface area contributed by atoms with E-state index in [0.717, 1.165) is 40.5 Å². The first-order valence-electron chi connectivity index (χ1n) is 15.3. The maximum Gasteiger partial charge on any atom is 0.278 e. The Morgan fingerprint density at radius 3 is 2.47 bits per heavy atom. The van der Waals surface area contributed by atoms with Gasteiger partial charge in [0.05, 0.1) is 53.2 Å². The maximum absolute atomic E-state index is 13.9. The van der Waals surface area contributed by atoms with E-state index in [1.165, 1.54) is 0 Å². The van der Waals surface area contributed by atoms with Crippen molar-refractivity contribution >= 4 is 34.9 Å². The molecule has 1 fully saturated rings. The van der Waals surface area contributed by atoms with Crippen LogP contribution in [0.25, 0.3) is 17.3 Å². The van der Waals surface area contributed by atoms with E-state index >= 15 is 0 Å². The van der Waals surface area contributed by atoms with Crippen LogP contribution in [0.1, 0.15) is 46.2 Å². The number of rotatable bonds is 9. The monoisotopic (exact) mass is 664 g/mol. The lowest BCUT2D eigenvalue weighted by Crippen LogP contribution is -2.49. The summed E-state index contributed by atoms with van der Waals surface area (Å²) in [4.78, 5) is 26.0. The topological polar surface area (TPSA) is 98.8 Å². The smallest absolute Gasteiger partial charge is 0.278 e. The van der Waals surface area contributed by atoms with Gasteiger partial charge in [-0.25, -0.2) is 4.98 Å². The Bertz CT molecular complexity index is 1660. The van der Waals surface area contributed by atoms with Crippen LogP contribution in [0, 0.1) is 0 Å². The number of hydrogen-bond acceptors (Lipinski definition) is 9. The third-order valence-electron chi connectivity index (χ3n) is 8.46. The van der Waals surface area contributed by atoms with Crippen molar-refractivity contribution in [3.8, 4) is 28.8 Å². The summed E-state index contributed by atoms with van der Waals surface area (Å²) in [6.45, 7) is 12.6. The number of ether oxygens (including phenoxy) is 2. The van der Waals surface area contributed by atoms with Gasteiger partial charge in [0, 0.05) is 22.4 Å². The van der Waals surface area contributed by atoms with Gasteiger partial charge in [-0.05, 0) is 56.5 Å². The number of thioether (sulfide) groups is 1. The molecule has 1 aliphatic heterocycles. The highest BCUT2D eigenvalue weighted by Crippen LogP contribution is 2.40. The Balaban J connectivity index is 0.000000390. The van der Waals surface area contributed by atoms with Crippen molar-refractivity contribution in [2.75, 3.05) is 27.5 Å². The van der Waals surface area contributed by atoms with Gasteiger partial charge in [-0.15, -0.1) is 11.8 Å². The molecule has 0 saturated heterocycles. The van der Waals surface area contributed by atoms with Crippen LogP contribution in [0.5, 0.6) is 11.5 Å². The van der Waals surface area contributed by atoms with Gasteiger partial charge in [-0.3, -0.25) is 9.36 Å². The molecule has 240 valence electrons. The number of methoxy groups -OCH3 is 2. The van der Waals surface area contributed by atoms with E-state index in [2.05, 4.69) is 59.1 Å². The van der Waals surface area contributed by atoms with Crippen LogP contribution in [0.4, 0.5) is 0 Å². The predicted molar refractivity (Wildman–Crippen MR) is 184 cm³/mol. The fourth-order valence-corrected chi connectivity index (χ4v) is 11.9. The molecule has 4 aromatic rings. The van der Waals surface area contributed by atoms with E-state index in [0.29, 0.717) is 47.7 Å². The zero-order valence-electron chi connectivity index (χ0n) is 27.7. The highest BCUT2D eigenvalue weighted by molar-refractivity contribution is 7.98. The lowest BCUT2D eigenvalue weighted by molar-refractivity contribution is 0.0732. The van der Waals surface area contributed by atoms with E-state index in [-0.39, 0.29) is 5.91 Å². The van der Waals surface area contributed by atoms with Crippen LogP contribution in [0.15, 0.2) is 52.1 Å². The lowest BCUT2D eigenvalue weighted by Gasteiger charge is -2.33. The number of amides is 1. The largest absolute Gasteiger partial charge is 0.497 e. The Kier molecular flexibility index (Phi) is 9.92. The molecule has 45 heavy (non-hydrogen) atoms. The van der Waals surface area contributed by atoms with Gasteiger partial charge in [0.15, 0.2) is 11.5 Å². The van der Waals surface area contributed by atoms with E-state index < -0.39 is 17.2 Å². The van der Waals surface area contributed by atoms with Crippen LogP contribution in [-0.2, 0) is 13.1 Å². The summed E-state index contributed by atoms with van der Waals surface area (Å²) in [6.07, 6.45) is 5.89. The average Bonchev–Trinajstić information content (AvgIpc) is 3.65. The number of benzene rings is 2. The first kappa shape index (κ1) is 33.0. The SMILES string of the molecule is CN([SiH](C)C)[Si](C)(C)C.COc1ccc(CN2Cc3c(-c4nc(C5CC5)no4)ncn3-c3ccc(SC)cc3C2=O)c(OC)c1. The Labute approximate surface area is 272 Å². The minimum Gasteiger partial charge on any atom is -0.497 e. The Morgan fingerprint density at radius 1 is 1.11 bits per heavy atom. The molecule has 1 amide bonds. The fraction of sp³-hybridized carbons (Fsp3) is 0.438. The van der Waals surface area contributed by atoms with E-state index in [1.54, 1.807) is 37.2 Å². The van der Waals surface area contributed by atoms with E-state index in [9.17, 15) is 4.79 Å². The minimum atomic E-state index is -0.929. The van der Waals surface area contributed by atoms with Crippen LogP contribution >= 0.6 is 11.8 Å². The van der Waals surface area contributed by atoms with Crippen molar-refractivity contribution in [1.29, 1.82) is 0 Å². The molecule has 0 atom stereocenters. The summed E-state index contributed by atoms with van der Waals surface area (Å²) in [7, 11) is 4.08. The quantitative estimate of drug-likeness (QED) is 0.148. The average molecular weight is 665 g/mol. The summed E-state index contributed by atoms with van der Waals surface area (Å²) in [5, 5.41) is 4.17. The van der Waals surface area contributed by atoms with Crippen LogP contribution in [0.2, 0.25) is 32.7 Å². The Hall–Kier alpha value is -3.40. The maximum atomic E-state index is 13.9. The molecule has 2 aromatic heterocycles. The third kappa shape index (κ3) is 7.21. The number of hydrogen-bond donors (Lipinski definition) is 0. The first-order valence-corrected chi connectivity index (χ1v) is 22.8. The number of carbonyl (C=O) groups is 1. The molecule has 6 rings (SSSR count). The predicted octanol–water partition coefficient (Wildman–Crippen LogP) is 6.43. The molecule has 0 bridgehead atoms. The summed E-state index contributed by atoms with van der Waals surface area (Å²) < 4.78 is 21.1. The van der Waals surface area contributed by atoms with Crippen molar-refractivity contribution in [3.05, 3.63) is 65.4 Å². The van der Waals surface area contributed by atoms with Crippen molar-refractivity contribution < 1.29 is 18.8 Å². The number of imidazole rings is 1. The second kappa shape index (κ2) is 13.5. The molecule has 13 heteroatoms. The van der Waals surface area contributed by atoms with Gasteiger partial charge >= 0.3 is 0 Å². The molecule has 3 heterocycles. The standard InChI is InChI=1S/C26H25N5O4S.C6H19NSi2/c1-33-17-7-6-16(22(10-17)34-2)12-30-13-21-23(25-28-24(29-35-25)15-4-5-15)27-14-31(21)20-9-8-18(36-3)11-19(20)26(30)32;1-7(8(2)3)9(4,5)6/h6-11,14-15H,4-5,12-13H2,1-3H3;8H,1-6H3. The second-order valence-electron chi connectivity index (χ2n) is 12.7. The van der Waals surface area contributed by atoms with Crippen molar-refractivity contribution in [3.63, 3.8) is 0 Å². The fourth-order valence-electron chi connectivity index (χ4n) is 5.29. The van der Waals surface area contributed by atoms with Gasteiger partial charge in [0.1, 0.15) is 26.1 Å². The van der Waals surface area contributed by atoms with Crippen LogP contribution in [0.3, 0.4) is 0 Å². The van der Waals surface area contributed by atoms with Gasteiger partial charge < -0.3 is 23.1 Å². The zero-order valence-corrected chi connectivity index (χ0v) is 30.7. The number of fused-ring (bicyclic) bond motifs is 3. The number of carbonyl (C=O) groups excluding carboxylic acids is 1. The molecular formula is C32H44N6O4SSi2. The summed E-state index contributed by atoms with van der Waals surface area (Å²) >= 11 is 1.60. The normalized spacial score (nSPS) is 14.6. The van der Waals surface area contributed by atoms with Gasteiger partial charge in [0.2, 0.25) is 0 Å². The Morgan fingerprint density at radius 2 is 1.87 bits per heavy atom. The first-order chi connectivity index (χ1) is 21.4. The summed E-state index contributed by atoms with van der Waals surface area (Å²) in [6, 6.07) is 11.5. The molecule has 0 unspecified atom stereocenters. The van der Waals surface area contributed by atoms with Crippen LogP contribution in [-0.4, -0.2) is 79.4 Å². The van der Waals surface area contributed by atoms with Gasteiger partial charge in [-0.2, -0.15) is 4.98 Å². The van der Waals surface area contributed by atoms with E-state index in [1.807, 2.05) is 47.2 Å². The molecule has 2 aromatic carbocycles. The van der Waals surface area contributed by atoms with Crippen molar-refractivity contribution in [2.24, 2.45) is 0 Å². The molecule has 1 saturated carbocycles. The summed E-state index contributed by atoms with van der Waals surface area (Å²) in [5.74, 6) is 2.75. The molecule has 0 N–H and O–H groups in total. The molecular weight excluding hydrogens is 621 g/mol. The second-order valence-corrected chi connectivity index (χ2v) is 22.1. The van der Waals surface area contributed by atoms with Crippen molar-refractivity contribution in [1.82, 2.24) is 28.8 Å². The number of nitrogens with zero attached hydrogens (tertiary/aromatic N) is 6. The lowest BCUT2D eigenvalue weighted by atomic mass is 10.1. The molecule has 2 aliphatic rings.